The maximum absolute atomic E-state index is 13.4. The number of amides is 4. The molecule has 5 rings (SSSR count). The van der Waals surface area contributed by atoms with Gasteiger partial charge in [0.15, 0.2) is 0 Å². The van der Waals surface area contributed by atoms with Crippen LogP contribution >= 0.6 is 0 Å². The van der Waals surface area contributed by atoms with Crippen molar-refractivity contribution in [2.24, 2.45) is 5.92 Å². The summed E-state index contributed by atoms with van der Waals surface area (Å²) >= 11 is 0. The molecular weight excluding hydrogens is 586 g/mol. The Bertz CT molecular complexity index is 1770. The Balaban J connectivity index is 1.23. The smallest absolute Gasteiger partial charge is 0.331 e. The third-order valence-corrected chi connectivity index (χ3v) is 8.25. The summed E-state index contributed by atoms with van der Waals surface area (Å²) in [6.07, 6.45) is 6.66. The third-order valence-electron chi connectivity index (χ3n) is 8.25. The van der Waals surface area contributed by atoms with Gasteiger partial charge in [0.1, 0.15) is 0 Å². The lowest BCUT2D eigenvalue weighted by Gasteiger charge is -2.33. The number of rotatable bonds is 10. The number of carbonyl (C=O) groups is 3. The van der Waals surface area contributed by atoms with Crippen molar-refractivity contribution in [3.63, 3.8) is 0 Å². The number of anilines is 2. The number of hydrogen-bond acceptors (Lipinski definition) is 6. The maximum atomic E-state index is 13.4. The lowest BCUT2D eigenvalue weighted by molar-refractivity contribution is -0.111. The predicted molar refractivity (Wildman–Crippen MR) is 179 cm³/mol. The van der Waals surface area contributed by atoms with Crippen LogP contribution in [0.25, 0.3) is 10.9 Å². The minimum atomic E-state index is -0.343. The first-order valence-corrected chi connectivity index (χ1v) is 15.9. The average molecular weight is 630 g/mol. The van der Waals surface area contributed by atoms with Gasteiger partial charge >= 0.3 is 11.7 Å². The highest BCUT2D eigenvalue weighted by molar-refractivity contribution is 6.01. The quantitative estimate of drug-likeness (QED) is 0.293. The van der Waals surface area contributed by atoms with Crippen LogP contribution in [-0.4, -0.2) is 76.6 Å². The largest absolute Gasteiger partial charge is 0.348 e. The number of nitrogens with one attached hydrogen (secondary N) is 3. The molecule has 1 aliphatic heterocycles. The second kappa shape index (κ2) is 14.2. The van der Waals surface area contributed by atoms with Crippen LogP contribution in [0.5, 0.6) is 0 Å². The van der Waals surface area contributed by atoms with Gasteiger partial charge in [-0.3, -0.25) is 23.5 Å². The van der Waals surface area contributed by atoms with E-state index in [1.54, 1.807) is 58.0 Å². The molecule has 12 nitrogen and oxygen atoms in total. The molecule has 1 saturated heterocycles. The zero-order valence-electron chi connectivity index (χ0n) is 26.9. The highest BCUT2D eigenvalue weighted by Crippen LogP contribution is 2.30. The van der Waals surface area contributed by atoms with Gasteiger partial charge in [-0.25, -0.2) is 9.59 Å². The van der Waals surface area contributed by atoms with Crippen molar-refractivity contribution < 1.29 is 14.4 Å². The summed E-state index contributed by atoms with van der Waals surface area (Å²) in [4.78, 5) is 68.8. The van der Waals surface area contributed by atoms with Crippen LogP contribution in [0.15, 0.2) is 64.2 Å². The zero-order valence-corrected chi connectivity index (χ0v) is 26.9. The molecule has 1 saturated carbocycles. The SMILES string of the molecule is CC(C)n1c(=O)n(CC2CC2)c(=O)c2cc(NC(=O)N3CCC[C@@H](NC(=O)c4cccc(NC(=O)/C=C/CN(C)C)c4)C3)ccc21. The number of likely N-dealkylation sites (tertiary alicyclic amines) is 1. The van der Waals surface area contributed by atoms with E-state index in [0.717, 1.165) is 12.8 Å². The molecule has 0 radical (unpaired) electrons. The van der Waals surface area contributed by atoms with Crippen molar-refractivity contribution in [3.8, 4) is 0 Å². The van der Waals surface area contributed by atoms with E-state index in [9.17, 15) is 24.0 Å². The van der Waals surface area contributed by atoms with Crippen molar-refractivity contribution in [2.75, 3.05) is 44.4 Å². The van der Waals surface area contributed by atoms with Gasteiger partial charge in [0.25, 0.3) is 11.5 Å². The molecule has 3 N–H and O–H groups in total. The first kappa shape index (κ1) is 32.7. The highest BCUT2D eigenvalue weighted by Gasteiger charge is 2.27. The summed E-state index contributed by atoms with van der Waals surface area (Å²) in [6.45, 7) is 5.71. The van der Waals surface area contributed by atoms with Crippen LogP contribution in [0.4, 0.5) is 16.2 Å². The Labute approximate surface area is 268 Å². The normalized spacial score (nSPS) is 16.7. The second-order valence-corrected chi connectivity index (χ2v) is 12.8. The summed E-state index contributed by atoms with van der Waals surface area (Å²) < 4.78 is 2.96. The van der Waals surface area contributed by atoms with Crippen LogP contribution in [0.1, 0.15) is 55.9 Å². The van der Waals surface area contributed by atoms with Crippen molar-refractivity contribution in [2.45, 2.75) is 58.2 Å². The molecule has 46 heavy (non-hydrogen) atoms. The number of fused-ring (bicyclic) bond motifs is 1. The van der Waals surface area contributed by atoms with Gasteiger partial charge in [-0.15, -0.1) is 0 Å². The van der Waals surface area contributed by atoms with Gasteiger partial charge in [0.05, 0.1) is 10.9 Å². The van der Waals surface area contributed by atoms with E-state index < -0.39 is 0 Å². The number of urea groups is 1. The molecule has 2 fully saturated rings. The fraction of sp³-hybridized carbons (Fsp3) is 0.441. The predicted octanol–water partition coefficient (Wildman–Crippen LogP) is 3.64. The first-order chi connectivity index (χ1) is 22.0. The molecule has 2 aromatic carbocycles. The van der Waals surface area contributed by atoms with Crippen LogP contribution in [0, 0.1) is 5.92 Å². The number of hydrogen-bond donors (Lipinski definition) is 3. The van der Waals surface area contributed by atoms with E-state index >= 15 is 0 Å². The van der Waals surface area contributed by atoms with Gasteiger partial charge in [-0.1, -0.05) is 12.1 Å². The van der Waals surface area contributed by atoms with E-state index in [1.165, 1.54) is 10.6 Å². The Morgan fingerprint density at radius 1 is 1.00 bits per heavy atom. The standard InChI is InChI=1S/C34H43N7O5/c1-22(2)41-29-15-14-26(19-28(29)32(44)40(34(41)46)20-23-12-13-23)37-33(45)39-17-6-10-27(21-39)36-31(43)24-8-5-9-25(18-24)35-30(42)11-7-16-38(3)4/h5,7-9,11,14-15,18-19,22-23,27H,6,10,12-13,16-17,20-21H2,1-4H3,(H,35,42)(H,36,43)(H,37,45)/b11-7+/t27-/m1/s1. The van der Waals surface area contributed by atoms with Crippen molar-refractivity contribution >= 4 is 40.1 Å². The van der Waals surface area contributed by atoms with Crippen molar-refractivity contribution in [1.82, 2.24) is 24.3 Å². The number of likely N-dealkylation sites (N-methyl/N-ethyl adjacent to an activating group) is 1. The van der Waals surface area contributed by atoms with E-state index in [0.29, 0.717) is 72.8 Å². The summed E-state index contributed by atoms with van der Waals surface area (Å²) in [7, 11) is 3.82. The molecule has 1 atom stereocenters. The number of nitrogens with zero attached hydrogens (tertiary/aromatic N) is 4. The van der Waals surface area contributed by atoms with Crippen LogP contribution < -0.4 is 27.2 Å². The molecule has 0 bridgehead atoms. The number of benzene rings is 2. The summed E-state index contributed by atoms with van der Waals surface area (Å²) in [5.41, 5.74) is 1.27. The molecule has 2 heterocycles. The molecule has 1 aliphatic carbocycles. The number of piperidine rings is 1. The summed E-state index contributed by atoms with van der Waals surface area (Å²) in [5.74, 6) is -0.221. The molecule has 2 aliphatic rings. The van der Waals surface area contributed by atoms with E-state index in [-0.39, 0.29) is 41.2 Å². The monoisotopic (exact) mass is 629 g/mol. The van der Waals surface area contributed by atoms with Gasteiger partial charge in [0.2, 0.25) is 5.91 Å². The fourth-order valence-corrected chi connectivity index (χ4v) is 5.72. The van der Waals surface area contributed by atoms with E-state index in [2.05, 4.69) is 16.0 Å². The molecule has 1 aromatic heterocycles. The third kappa shape index (κ3) is 7.92. The van der Waals surface area contributed by atoms with E-state index in [4.69, 9.17) is 0 Å². The van der Waals surface area contributed by atoms with Crippen molar-refractivity contribution in [3.05, 3.63) is 81.0 Å². The highest BCUT2D eigenvalue weighted by atomic mass is 16.2. The minimum absolute atomic E-state index is 0.140. The summed E-state index contributed by atoms with van der Waals surface area (Å²) in [6, 6.07) is 11.1. The second-order valence-electron chi connectivity index (χ2n) is 12.8. The lowest BCUT2D eigenvalue weighted by atomic mass is 10.1. The molecule has 12 heteroatoms. The topological polar surface area (TPSA) is 138 Å². The number of aromatic nitrogens is 2. The Kier molecular flexibility index (Phi) is 10.1. The zero-order chi connectivity index (χ0) is 33.0. The van der Waals surface area contributed by atoms with E-state index in [1.807, 2.05) is 32.8 Å². The fourth-order valence-electron chi connectivity index (χ4n) is 5.72. The lowest BCUT2D eigenvalue weighted by Crippen LogP contribution is -2.50. The minimum Gasteiger partial charge on any atom is -0.348 e. The van der Waals surface area contributed by atoms with Gasteiger partial charge in [-0.05, 0) is 95.9 Å². The number of carbonyl (C=O) groups excluding carboxylic acids is 3. The maximum Gasteiger partial charge on any atom is 0.331 e. The van der Waals surface area contributed by atoms with Gasteiger partial charge in [-0.2, -0.15) is 0 Å². The van der Waals surface area contributed by atoms with Crippen LogP contribution in [0.3, 0.4) is 0 Å². The molecule has 0 unspecified atom stereocenters. The first-order valence-electron chi connectivity index (χ1n) is 15.9. The summed E-state index contributed by atoms with van der Waals surface area (Å²) in [5, 5.41) is 9.10. The Morgan fingerprint density at radius 3 is 2.48 bits per heavy atom. The molecule has 0 spiro atoms. The van der Waals surface area contributed by atoms with Crippen LogP contribution in [0.2, 0.25) is 0 Å². The average Bonchev–Trinajstić information content (AvgIpc) is 3.84. The van der Waals surface area contributed by atoms with Crippen LogP contribution in [-0.2, 0) is 11.3 Å². The van der Waals surface area contributed by atoms with Gasteiger partial charge < -0.3 is 25.8 Å². The molecule has 3 aromatic rings. The molecule has 244 valence electrons. The Hall–Kier alpha value is -4.71. The molecular formula is C34H43N7O5. The van der Waals surface area contributed by atoms with Crippen molar-refractivity contribution in [1.29, 1.82) is 0 Å². The molecule has 4 amide bonds. The van der Waals surface area contributed by atoms with Gasteiger partial charge in [0, 0.05) is 61.3 Å². The Morgan fingerprint density at radius 2 is 1.76 bits per heavy atom.